The van der Waals surface area contributed by atoms with Crippen LogP contribution in [-0.2, 0) is 0 Å². The lowest BCUT2D eigenvalue weighted by Gasteiger charge is -2.18. The molecule has 0 aliphatic rings. The fourth-order valence-corrected chi connectivity index (χ4v) is 2.05. The van der Waals surface area contributed by atoms with Crippen molar-refractivity contribution in [2.24, 2.45) is 11.7 Å². The highest BCUT2D eigenvalue weighted by Gasteiger charge is 2.19. The first-order valence-electron chi connectivity index (χ1n) is 4.58. The molecule has 0 spiro atoms. The Morgan fingerprint density at radius 1 is 1.69 bits per heavy atom. The molecule has 0 fully saturated rings. The molecule has 1 aromatic heterocycles. The summed E-state index contributed by atoms with van der Waals surface area (Å²) in [5.74, 6) is 0.172. The van der Waals surface area contributed by atoms with Gasteiger partial charge < -0.3 is 10.8 Å². The van der Waals surface area contributed by atoms with Gasteiger partial charge in [0.05, 0.1) is 11.0 Å². The lowest BCUT2D eigenvalue weighted by atomic mass is 9.96. The maximum Gasteiger partial charge on any atom is 0.0937 e. The predicted molar refractivity (Wildman–Crippen MR) is 54.5 cm³/mol. The molecule has 1 heterocycles. The fraction of sp³-hybridized carbons (Fsp3) is 0.667. The van der Waals surface area contributed by atoms with Gasteiger partial charge in [0.2, 0.25) is 0 Å². The summed E-state index contributed by atoms with van der Waals surface area (Å²) in [5.41, 5.74) is 5.59. The van der Waals surface area contributed by atoms with E-state index in [9.17, 15) is 5.11 Å². The van der Waals surface area contributed by atoms with Gasteiger partial charge in [0.25, 0.3) is 0 Å². The summed E-state index contributed by atoms with van der Waals surface area (Å²) >= 11 is 1.35. The van der Waals surface area contributed by atoms with E-state index >= 15 is 0 Å². The van der Waals surface area contributed by atoms with Gasteiger partial charge in [-0.05, 0) is 30.6 Å². The summed E-state index contributed by atoms with van der Waals surface area (Å²) in [6, 6.07) is 1.85. The fourth-order valence-electron chi connectivity index (χ4n) is 1.39. The standard InChI is InChI=1S/C9H16N2OS/c1-2-3-7(6-10)9(12)8-4-5-11-13-8/h4-5,7,9,12H,2-3,6,10H2,1H3. The third-order valence-corrected chi connectivity index (χ3v) is 2.97. The molecule has 3 N–H and O–H groups in total. The molecular formula is C9H16N2OS. The predicted octanol–water partition coefficient (Wildman–Crippen LogP) is 1.55. The van der Waals surface area contributed by atoms with Gasteiger partial charge in [-0.15, -0.1) is 0 Å². The minimum atomic E-state index is -0.433. The van der Waals surface area contributed by atoms with Crippen LogP contribution in [0.1, 0.15) is 30.7 Å². The Morgan fingerprint density at radius 2 is 2.46 bits per heavy atom. The Labute approximate surface area is 82.8 Å². The molecule has 0 radical (unpaired) electrons. The third-order valence-electron chi connectivity index (χ3n) is 2.16. The van der Waals surface area contributed by atoms with Crippen LogP contribution in [0.4, 0.5) is 0 Å². The smallest absolute Gasteiger partial charge is 0.0937 e. The number of nitrogens with two attached hydrogens (primary N) is 1. The van der Waals surface area contributed by atoms with Crippen LogP contribution in [0.3, 0.4) is 0 Å². The minimum Gasteiger partial charge on any atom is -0.387 e. The van der Waals surface area contributed by atoms with Crippen molar-refractivity contribution in [3.63, 3.8) is 0 Å². The van der Waals surface area contributed by atoms with Crippen molar-refractivity contribution in [2.45, 2.75) is 25.9 Å². The van der Waals surface area contributed by atoms with E-state index in [1.54, 1.807) is 6.20 Å². The van der Waals surface area contributed by atoms with E-state index in [1.165, 1.54) is 11.5 Å². The second kappa shape index (κ2) is 5.32. The average Bonchev–Trinajstić information content (AvgIpc) is 2.65. The monoisotopic (exact) mass is 200 g/mol. The number of hydrogen-bond donors (Lipinski definition) is 2. The Hall–Kier alpha value is -0.450. The summed E-state index contributed by atoms with van der Waals surface area (Å²) in [5, 5.41) is 9.89. The van der Waals surface area contributed by atoms with Gasteiger partial charge in [-0.1, -0.05) is 13.3 Å². The van der Waals surface area contributed by atoms with Crippen LogP contribution in [0.2, 0.25) is 0 Å². The molecule has 13 heavy (non-hydrogen) atoms. The van der Waals surface area contributed by atoms with Crippen molar-refractivity contribution in [3.05, 3.63) is 17.1 Å². The summed E-state index contributed by atoms with van der Waals surface area (Å²) in [6.07, 6.45) is 3.30. The Bertz CT molecular complexity index is 226. The van der Waals surface area contributed by atoms with Gasteiger partial charge in [-0.3, -0.25) is 0 Å². The molecule has 0 aliphatic heterocycles. The van der Waals surface area contributed by atoms with Crippen LogP contribution in [0, 0.1) is 5.92 Å². The molecule has 0 saturated carbocycles. The molecule has 0 amide bonds. The van der Waals surface area contributed by atoms with Crippen LogP contribution in [-0.4, -0.2) is 16.0 Å². The van der Waals surface area contributed by atoms with Gasteiger partial charge >= 0.3 is 0 Å². The number of aromatic nitrogens is 1. The number of hydrogen-bond acceptors (Lipinski definition) is 4. The van der Waals surface area contributed by atoms with Crippen molar-refractivity contribution in [2.75, 3.05) is 6.54 Å². The molecule has 0 bridgehead atoms. The lowest BCUT2D eigenvalue weighted by Crippen LogP contribution is -2.21. The van der Waals surface area contributed by atoms with E-state index in [-0.39, 0.29) is 5.92 Å². The Morgan fingerprint density at radius 3 is 2.92 bits per heavy atom. The van der Waals surface area contributed by atoms with Crippen molar-refractivity contribution in [1.82, 2.24) is 4.37 Å². The number of aliphatic hydroxyl groups excluding tert-OH is 1. The van der Waals surface area contributed by atoms with Crippen LogP contribution >= 0.6 is 11.5 Å². The molecule has 2 atom stereocenters. The minimum absolute atomic E-state index is 0.172. The molecule has 1 aromatic rings. The highest BCUT2D eigenvalue weighted by molar-refractivity contribution is 7.05. The number of nitrogens with zero attached hydrogens (tertiary/aromatic N) is 1. The molecule has 74 valence electrons. The Balaban J connectivity index is 2.58. The zero-order valence-corrected chi connectivity index (χ0v) is 8.63. The van der Waals surface area contributed by atoms with E-state index in [4.69, 9.17) is 5.73 Å². The summed E-state index contributed by atoms with van der Waals surface area (Å²) in [6.45, 7) is 2.63. The SMILES string of the molecule is CCCC(CN)C(O)c1ccns1. The first-order valence-corrected chi connectivity index (χ1v) is 5.35. The molecule has 4 heteroatoms. The lowest BCUT2D eigenvalue weighted by molar-refractivity contribution is 0.110. The van der Waals surface area contributed by atoms with Crippen molar-refractivity contribution < 1.29 is 5.11 Å². The maximum atomic E-state index is 9.89. The van der Waals surface area contributed by atoms with Crippen molar-refractivity contribution in [3.8, 4) is 0 Å². The normalized spacial score (nSPS) is 15.6. The second-order valence-electron chi connectivity index (χ2n) is 3.14. The van der Waals surface area contributed by atoms with E-state index in [0.717, 1.165) is 17.7 Å². The first kappa shape index (κ1) is 10.6. The highest BCUT2D eigenvalue weighted by atomic mass is 32.1. The van der Waals surface area contributed by atoms with Gasteiger partial charge in [-0.2, -0.15) is 0 Å². The Kier molecular flexibility index (Phi) is 4.35. The molecule has 2 unspecified atom stereocenters. The molecule has 0 aliphatic carbocycles. The van der Waals surface area contributed by atoms with E-state index in [0.29, 0.717) is 6.54 Å². The summed E-state index contributed by atoms with van der Waals surface area (Å²) in [4.78, 5) is 0.920. The van der Waals surface area contributed by atoms with Gasteiger partial charge in [0.1, 0.15) is 0 Å². The van der Waals surface area contributed by atoms with E-state index in [1.807, 2.05) is 6.07 Å². The zero-order chi connectivity index (χ0) is 9.68. The zero-order valence-electron chi connectivity index (χ0n) is 7.81. The highest BCUT2D eigenvalue weighted by Crippen LogP contribution is 2.26. The number of rotatable bonds is 5. The summed E-state index contributed by atoms with van der Waals surface area (Å²) in [7, 11) is 0. The third kappa shape index (κ3) is 2.76. The molecule has 0 saturated heterocycles. The molecule has 3 nitrogen and oxygen atoms in total. The topological polar surface area (TPSA) is 59.1 Å². The second-order valence-corrected chi connectivity index (χ2v) is 4.01. The molecule has 1 rings (SSSR count). The van der Waals surface area contributed by atoms with Gasteiger partial charge in [-0.25, -0.2) is 4.37 Å². The van der Waals surface area contributed by atoms with E-state index in [2.05, 4.69) is 11.3 Å². The summed E-state index contributed by atoms with van der Waals surface area (Å²) < 4.78 is 3.96. The van der Waals surface area contributed by atoms with Crippen LogP contribution < -0.4 is 5.73 Å². The quantitative estimate of drug-likeness (QED) is 0.758. The first-order chi connectivity index (χ1) is 6.29. The van der Waals surface area contributed by atoms with Crippen LogP contribution in [0.25, 0.3) is 0 Å². The van der Waals surface area contributed by atoms with Crippen LogP contribution in [0.15, 0.2) is 12.3 Å². The van der Waals surface area contributed by atoms with Gasteiger partial charge in [0.15, 0.2) is 0 Å². The number of aliphatic hydroxyl groups is 1. The van der Waals surface area contributed by atoms with Crippen molar-refractivity contribution >= 4 is 11.5 Å². The van der Waals surface area contributed by atoms with Crippen LogP contribution in [0.5, 0.6) is 0 Å². The molecular weight excluding hydrogens is 184 g/mol. The van der Waals surface area contributed by atoms with E-state index < -0.39 is 6.10 Å². The van der Waals surface area contributed by atoms with Crippen molar-refractivity contribution in [1.29, 1.82) is 0 Å². The molecule has 0 aromatic carbocycles. The average molecular weight is 200 g/mol. The maximum absolute atomic E-state index is 9.89. The van der Waals surface area contributed by atoms with Gasteiger partial charge in [0, 0.05) is 12.1 Å². The largest absolute Gasteiger partial charge is 0.387 e.